The van der Waals surface area contributed by atoms with Gasteiger partial charge in [-0.15, -0.1) is 0 Å². The molecule has 1 saturated heterocycles. The Morgan fingerprint density at radius 3 is 2.57 bits per heavy atom. The molecule has 2 amide bonds. The smallest absolute Gasteiger partial charge is 0.229 e. The van der Waals surface area contributed by atoms with Gasteiger partial charge in [-0.2, -0.15) is 0 Å². The summed E-state index contributed by atoms with van der Waals surface area (Å²) < 4.78 is 5.62. The molecule has 5 nitrogen and oxygen atoms in total. The SMILES string of the molecule is CCc1cccc(C)c1N1CC(C(=O)Nc2ccc(OC(C)C)cc2)CC1=O. The Morgan fingerprint density at radius 1 is 1.21 bits per heavy atom. The summed E-state index contributed by atoms with van der Waals surface area (Å²) >= 11 is 0. The predicted molar refractivity (Wildman–Crippen MR) is 112 cm³/mol. The molecular formula is C23H28N2O3. The zero-order valence-electron chi connectivity index (χ0n) is 17.0. The molecule has 1 aliphatic heterocycles. The van der Waals surface area contributed by atoms with Crippen LogP contribution in [0.1, 0.15) is 38.3 Å². The number of ether oxygens (including phenoxy) is 1. The minimum atomic E-state index is -0.358. The minimum Gasteiger partial charge on any atom is -0.491 e. The number of hydrogen-bond donors (Lipinski definition) is 1. The number of rotatable bonds is 6. The molecule has 3 rings (SSSR count). The van der Waals surface area contributed by atoms with Gasteiger partial charge >= 0.3 is 0 Å². The first-order valence-corrected chi connectivity index (χ1v) is 9.85. The van der Waals surface area contributed by atoms with Crippen molar-refractivity contribution in [1.82, 2.24) is 0 Å². The number of benzene rings is 2. The zero-order valence-corrected chi connectivity index (χ0v) is 17.0. The summed E-state index contributed by atoms with van der Waals surface area (Å²) in [5, 5.41) is 2.93. The number of nitrogens with zero attached hydrogens (tertiary/aromatic N) is 1. The molecule has 1 unspecified atom stereocenters. The standard InChI is InChI=1S/C23H28N2O3/c1-5-17-8-6-7-16(4)22(17)25-14-18(13-21(25)26)23(27)24-19-9-11-20(12-10-19)28-15(2)3/h6-12,15,18H,5,13-14H2,1-4H3,(H,24,27). The number of aryl methyl sites for hydroxylation is 2. The van der Waals surface area contributed by atoms with E-state index < -0.39 is 0 Å². The van der Waals surface area contributed by atoms with Crippen LogP contribution < -0.4 is 15.0 Å². The van der Waals surface area contributed by atoms with E-state index in [1.165, 1.54) is 0 Å². The van der Waals surface area contributed by atoms with Crippen LogP contribution in [0.2, 0.25) is 0 Å². The molecule has 1 aliphatic rings. The van der Waals surface area contributed by atoms with Crippen LogP contribution in [-0.2, 0) is 16.0 Å². The molecule has 148 valence electrons. The van der Waals surface area contributed by atoms with Crippen molar-refractivity contribution in [3.8, 4) is 5.75 Å². The van der Waals surface area contributed by atoms with E-state index in [4.69, 9.17) is 4.74 Å². The lowest BCUT2D eigenvalue weighted by Crippen LogP contribution is -2.29. The van der Waals surface area contributed by atoms with Gasteiger partial charge in [0, 0.05) is 24.3 Å². The molecule has 1 heterocycles. The fraction of sp³-hybridized carbons (Fsp3) is 0.391. The van der Waals surface area contributed by atoms with Crippen LogP contribution in [0.5, 0.6) is 5.75 Å². The van der Waals surface area contributed by atoms with Gasteiger partial charge in [-0.3, -0.25) is 9.59 Å². The minimum absolute atomic E-state index is 0.00447. The largest absolute Gasteiger partial charge is 0.491 e. The summed E-state index contributed by atoms with van der Waals surface area (Å²) in [5.74, 6) is 0.287. The van der Waals surface area contributed by atoms with E-state index in [1.54, 1.807) is 4.90 Å². The lowest BCUT2D eigenvalue weighted by molar-refractivity contribution is -0.122. The third kappa shape index (κ3) is 4.35. The molecule has 0 spiro atoms. The molecule has 0 bridgehead atoms. The number of hydrogen-bond acceptors (Lipinski definition) is 3. The van der Waals surface area contributed by atoms with Crippen LogP contribution in [0.3, 0.4) is 0 Å². The van der Waals surface area contributed by atoms with E-state index in [-0.39, 0.29) is 30.3 Å². The molecule has 0 saturated carbocycles. The molecule has 0 aromatic heterocycles. The monoisotopic (exact) mass is 380 g/mol. The van der Waals surface area contributed by atoms with Crippen molar-refractivity contribution in [2.24, 2.45) is 5.92 Å². The zero-order chi connectivity index (χ0) is 20.3. The van der Waals surface area contributed by atoms with Crippen LogP contribution in [0.4, 0.5) is 11.4 Å². The van der Waals surface area contributed by atoms with Crippen molar-refractivity contribution in [2.75, 3.05) is 16.8 Å². The Balaban J connectivity index is 1.69. The molecule has 0 aliphatic carbocycles. The maximum atomic E-state index is 12.7. The Kier molecular flexibility index (Phi) is 6.02. The van der Waals surface area contributed by atoms with Gasteiger partial charge < -0.3 is 15.0 Å². The highest BCUT2D eigenvalue weighted by atomic mass is 16.5. The molecule has 28 heavy (non-hydrogen) atoms. The van der Waals surface area contributed by atoms with Gasteiger partial charge in [-0.05, 0) is 62.6 Å². The van der Waals surface area contributed by atoms with Crippen LogP contribution in [0, 0.1) is 12.8 Å². The average Bonchev–Trinajstić information content (AvgIpc) is 3.04. The van der Waals surface area contributed by atoms with Crippen molar-refractivity contribution >= 4 is 23.2 Å². The first kappa shape index (κ1) is 19.9. The van der Waals surface area contributed by atoms with Gasteiger partial charge in [-0.25, -0.2) is 0 Å². The quantitative estimate of drug-likeness (QED) is 0.811. The van der Waals surface area contributed by atoms with Gasteiger partial charge in [0.1, 0.15) is 5.75 Å². The first-order valence-electron chi connectivity index (χ1n) is 9.85. The fourth-order valence-electron chi connectivity index (χ4n) is 3.62. The molecule has 0 radical (unpaired) electrons. The number of carbonyl (C=O) groups excluding carboxylic acids is 2. The van der Waals surface area contributed by atoms with E-state index in [1.807, 2.05) is 63.2 Å². The molecule has 5 heteroatoms. The summed E-state index contributed by atoms with van der Waals surface area (Å²) in [4.78, 5) is 27.1. The van der Waals surface area contributed by atoms with Crippen molar-refractivity contribution in [3.05, 3.63) is 53.6 Å². The van der Waals surface area contributed by atoms with Crippen molar-refractivity contribution < 1.29 is 14.3 Å². The van der Waals surface area contributed by atoms with E-state index in [0.717, 1.165) is 29.0 Å². The summed E-state index contributed by atoms with van der Waals surface area (Å²) in [6.07, 6.45) is 1.19. The Morgan fingerprint density at radius 2 is 1.93 bits per heavy atom. The molecule has 1 fully saturated rings. The summed E-state index contributed by atoms with van der Waals surface area (Å²) in [6, 6.07) is 13.4. The second-order valence-corrected chi connectivity index (χ2v) is 7.52. The number of carbonyl (C=O) groups is 2. The van der Waals surface area contributed by atoms with Gasteiger partial charge in [0.05, 0.1) is 12.0 Å². The Hall–Kier alpha value is -2.82. The summed E-state index contributed by atoms with van der Waals surface area (Å²) in [5.41, 5.74) is 3.86. The summed E-state index contributed by atoms with van der Waals surface area (Å²) in [7, 11) is 0. The molecule has 2 aromatic carbocycles. The second-order valence-electron chi connectivity index (χ2n) is 7.52. The van der Waals surface area contributed by atoms with Crippen LogP contribution in [-0.4, -0.2) is 24.5 Å². The van der Waals surface area contributed by atoms with Crippen LogP contribution >= 0.6 is 0 Å². The van der Waals surface area contributed by atoms with Gasteiger partial charge in [-0.1, -0.05) is 25.1 Å². The maximum Gasteiger partial charge on any atom is 0.229 e. The van der Waals surface area contributed by atoms with E-state index in [9.17, 15) is 9.59 Å². The van der Waals surface area contributed by atoms with Crippen LogP contribution in [0.25, 0.3) is 0 Å². The highest BCUT2D eigenvalue weighted by Gasteiger charge is 2.36. The molecular weight excluding hydrogens is 352 g/mol. The maximum absolute atomic E-state index is 12.7. The first-order chi connectivity index (χ1) is 13.4. The average molecular weight is 380 g/mol. The third-order valence-corrected chi connectivity index (χ3v) is 4.96. The molecule has 2 aromatic rings. The van der Waals surface area contributed by atoms with E-state index in [2.05, 4.69) is 12.2 Å². The Labute approximate surface area is 166 Å². The normalized spacial score (nSPS) is 16.5. The molecule has 1 N–H and O–H groups in total. The number of anilines is 2. The van der Waals surface area contributed by atoms with Gasteiger partial charge in [0.15, 0.2) is 0 Å². The van der Waals surface area contributed by atoms with Crippen molar-refractivity contribution in [2.45, 2.75) is 46.6 Å². The Bertz CT molecular complexity index is 859. The number of amides is 2. The van der Waals surface area contributed by atoms with Crippen LogP contribution in [0.15, 0.2) is 42.5 Å². The second kappa shape index (κ2) is 8.46. The predicted octanol–water partition coefficient (Wildman–Crippen LogP) is 4.34. The number of nitrogens with one attached hydrogen (secondary N) is 1. The topological polar surface area (TPSA) is 58.6 Å². The van der Waals surface area contributed by atoms with E-state index in [0.29, 0.717) is 12.2 Å². The third-order valence-electron chi connectivity index (χ3n) is 4.96. The molecule has 1 atom stereocenters. The lowest BCUT2D eigenvalue weighted by atomic mass is 10.0. The summed E-state index contributed by atoms with van der Waals surface area (Å²) in [6.45, 7) is 8.44. The van der Waals surface area contributed by atoms with E-state index >= 15 is 0 Å². The highest BCUT2D eigenvalue weighted by molar-refractivity contribution is 6.04. The lowest BCUT2D eigenvalue weighted by Gasteiger charge is -2.22. The van der Waals surface area contributed by atoms with Gasteiger partial charge in [0.2, 0.25) is 11.8 Å². The highest BCUT2D eigenvalue weighted by Crippen LogP contribution is 2.32. The van der Waals surface area contributed by atoms with Gasteiger partial charge in [0.25, 0.3) is 0 Å². The number of para-hydroxylation sites is 1. The fourth-order valence-corrected chi connectivity index (χ4v) is 3.62. The van der Waals surface area contributed by atoms with Crippen molar-refractivity contribution in [1.29, 1.82) is 0 Å². The van der Waals surface area contributed by atoms with Crippen molar-refractivity contribution in [3.63, 3.8) is 0 Å².